The Labute approximate surface area is 144 Å². The van der Waals surface area contributed by atoms with Crippen molar-refractivity contribution in [1.82, 2.24) is 9.78 Å². The third-order valence-electron chi connectivity index (χ3n) is 2.44. The molecule has 0 saturated carbocycles. The molecule has 0 unspecified atom stereocenters. The minimum absolute atomic E-state index is 0.00970. The lowest BCUT2D eigenvalue weighted by atomic mass is 10.3. The molecule has 1 heterocycles. The van der Waals surface area contributed by atoms with Gasteiger partial charge in [0.25, 0.3) is 0 Å². The van der Waals surface area contributed by atoms with Gasteiger partial charge in [-0.1, -0.05) is 42.6 Å². The fourth-order valence-corrected chi connectivity index (χ4v) is 3.49. The highest BCUT2D eigenvalue weighted by Crippen LogP contribution is 3.02. The van der Waals surface area contributed by atoms with Gasteiger partial charge in [0, 0.05) is 6.20 Å². The molecule has 0 N–H and O–H groups in total. The average molecular weight is 490 g/mol. The van der Waals surface area contributed by atoms with E-state index in [1.807, 2.05) is 0 Å². The summed E-state index contributed by atoms with van der Waals surface area (Å²) in [5, 5.41) is 11.2. The molecule has 2 aromatic rings. The number of halogens is 8. The number of rotatable bonds is 2. The summed E-state index contributed by atoms with van der Waals surface area (Å²) in [6.07, 6.45) is 1.28. The monoisotopic (exact) mass is 489 g/mol. The summed E-state index contributed by atoms with van der Waals surface area (Å²) in [6.45, 7) is 0. The van der Waals surface area contributed by atoms with E-state index in [1.165, 1.54) is 6.20 Å². The lowest BCUT2D eigenvalue weighted by Crippen LogP contribution is -2.07. The summed E-state index contributed by atoms with van der Waals surface area (Å²) in [4.78, 5) is -2.19. The van der Waals surface area contributed by atoms with Crippen molar-refractivity contribution < 1.29 is 19.4 Å². The van der Waals surface area contributed by atoms with Gasteiger partial charge in [0.05, 0.1) is 13.6 Å². The number of nitriles is 1. The minimum atomic E-state index is -9.90. The van der Waals surface area contributed by atoms with E-state index < -0.39 is 25.2 Å². The van der Waals surface area contributed by atoms with E-state index in [1.54, 1.807) is 28.7 Å². The third-order valence-corrected chi connectivity index (χ3v) is 4.93. The number of hydrogen-bond acceptors (Lipinski definition) is 2. The van der Waals surface area contributed by atoms with Crippen LogP contribution in [0.2, 0.25) is 10.0 Å². The van der Waals surface area contributed by atoms with Gasteiger partial charge in [0.2, 0.25) is 0 Å². The van der Waals surface area contributed by atoms with E-state index in [-0.39, 0.29) is 23.5 Å². The zero-order chi connectivity index (χ0) is 17.0. The van der Waals surface area contributed by atoms with Gasteiger partial charge < -0.3 is 0 Å². The number of nitrogens with zero attached hydrogens (tertiary/aromatic N) is 3. The standard InChI is InChI=1S/C10H3Cl2F5IN3S/c11-6-1-5(22(13,14,15,16)17)2-7(12)10(6)21-4-8(18)9(3-19)20-21/h1-2,4H. The van der Waals surface area contributed by atoms with Gasteiger partial charge >= 0.3 is 10.2 Å². The maximum absolute atomic E-state index is 12.8. The first-order chi connectivity index (χ1) is 9.72. The van der Waals surface area contributed by atoms with Crippen molar-refractivity contribution in [2.75, 3.05) is 0 Å². The van der Waals surface area contributed by atoms with Crippen LogP contribution in [0.5, 0.6) is 0 Å². The molecule has 2 rings (SSSR count). The molecule has 1 aromatic carbocycles. The smallest absolute Gasteiger partial charge is 0.236 e. The van der Waals surface area contributed by atoms with Crippen LogP contribution in [-0.4, -0.2) is 9.78 Å². The first-order valence-corrected chi connectivity index (χ1v) is 8.90. The highest BCUT2D eigenvalue weighted by atomic mass is 127. The molecule has 0 aliphatic heterocycles. The second kappa shape index (κ2) is 4.62. The largest absolute Gasteiger partial charge is 0.310 e. The van der Waals surface area contributed by atoms with Crippen molar-refractivity contribution in [2.45, 2.75) is 4.90 Å². The third kappa shape index (κ3) is 3.42. The van der Waals surface area contributed by atoms with Crippen LogP contribution >= 0.6 is 56.0 Å². The molecular formula is C10H3Cl2F5IN3S. The fourth-order valence-electron chi connectivity index (χ4n) is 1.53. The second-order valence-electron chi connectivity index (χ2n) is 4.09. The van der Waals surface area contributed by atoms with Crippen molar-refractivity contribution in [1.29, 1.82) is 5.26 Å². The van der Waals surface area contributed by atoms with Crippen LogP contribution in [0.3, 0.4) is 0 Å². The minimum Gasteiger partial charge on any atom is -0.236 e. The summed E-state index contributed by atoms with van der Waals surface area (Å²) in [5.74, 6) is 0. The predicted molar refractivity (Wildman–Crippen MR) is 82.4 cm³/mol. The summed E-state index contributed by atoms with van der Waals surface area (Å²) >= 11 is 13.1. The van der Waals surface area contributed by atoms with Crippen molar-refractivity contribution in [2.24, 2.45) is 0 Å². The first kappa shape index (κ1) is 17.6. The van der Waals surface area contributed by atoms with E-state index in [9.17, 15) is 19.4 Å². The van der Waals surface area contributed by atoms with E-state index >= 15 is 0 Å². The van der Waals surface area contributed by atoms with Crippen LogP contribution in [0.25, 0.3) is 5.69 Å². The topological polar surface area (TPSA) is 41.6 Å². The van der Waals surface area contributed by atoms with Gasteiger partial charge in [-0.3, -0.25) is 0 Å². The van der Waals surface area contributed by atoms with E-state index in [0.29, 0.717) is 3.57 Å². The predicted octanol–water partition coefficient (Wildman–Crippen LogP) is 6.31. The molecule has 0 atom stereocenters. The lowest BCUT2D eigenvalue weighted by molar-refractivity contribution is 0.364. The van der Waals surface area contributed by atoms with Crippen molar-refractivity contribution >= 4 is 56.0 Å². The van der Waals surface area contributed by atoms with Gasteiger partial charge in [-0.25, -0.2) is 4.68 Å². The zero-order valence-corrected chi connectivity index (χ0v) is 14.5. The maximum atomic E-state index is 12.8. The Kier molecular flexibility index (Phi) is 3.69. The van der Waals surface area contributed by atoms with Crippen LogP contribution in [-0.2, 0) is 0 Å². The maximum Gasteiger partial charge on any atom is 0.310 e. The van der Waals surface area contributed by atoms with Crippen LogP contribution in [0.15, 0.2) is 23.2 Å². The van der Waals surface area contributed by atoms with Crippen LogP contribution in [0, 0.1) is 14.9 Å². The first-order valence-electron chi connectivity index (χ1n) is 5.11. The van der Waals surface area contributed by atoms with Gasteiger partial charge in [-0.2, -0.15) is 10.4 Å². The summed E-state index contributed by atoms with van der Waals surface area (Å²) < 4.78 is 65.3. The summed E-state index contributed by atoms with van der Waals surface area (Å²) in [6, 6.07) is 1.93. The average Bonchev–Trinajstić information content (AvgIpc) is 2.66. The Morgan fingerprint density at radius 1 is 1.14 bits per heavy atom. The quantitative estimate of drug-likeness (QED) is 0.366. The molecule has 12 heteroatoms. The lowest BCUT2D eigenvalue weighted by Gasteiger charge is -2.40. The van der Waals surface area contributed by atoms with Gasteiger partial charge in [-0.15, -0.1) is 0 Å². The normalized spacial score (nSPS) is 15.0. The molecule has 0 spiro atoms. The van der Waals surface area contributed by atoms with E-state index in [2.05, 4.69) is 5.10 Å². The summed E-state index contributed by atoms with van der Waals surface area (Å²) in [5.41, 5.74) is -0.238. The molecule has 0 fully saturated rings. The van der Waals surface area contributed by atoms with Gasteiger partial charge in [-0.05, 0) is 34.7 Å². The fraction of sp³-hybridized carbons (Fsp3) is 0. The van der Waals surface area contributed by atoms with Crippen LogP contribution in [0.1, 0.15) is 5.69 Å². The molecule has 0 bridgehead atoms. The van der Waals surface area contributed by atoms with Crippen molar-refractivity contribution in [3.63, 3.8) is 0 Å². The highest BCUT2D eigenvalue weighted by molar-refractivity contribution is 14.1. The molecule has 3 nitrogen and oxygen atoms in total. The molecule has 120 valence electrons. The molecule has 0 aliphatic carbocycles. The Hall–Kier alpha value is -0.770. The molecule has 22 heavy (non-hydrogen) atoms. The zero-order valence-electron chi connectivity index (χ0n) is 10.0. The number of benzene rings is 1. The van der Waals surface area contributed by atoms with Crippen LogP contribution in [0.4, 0.5) is 19.4 Å². The Bertz CT molecular complexity index is 805. The number of aromatic nitrogens is 2. The SMILES string of the molecule is N#Cc1nn(-c2c(Cl)cc(S(F)(F)(F)(F)F)cc2Cl)cc1I. The molecule has 0 saturated heterocycles. The molecule has 0 amide bonds. The van der Waals surface area contributed by atoms with Gasteiger partial charge in [0.15, 0.2) is 5.69 Å². The van der Waals surface area contributed by atoms with Crippen molar-refractivity contribution in [3.8, 4) is 11.8 Å². The molecule has 0 aliphatic rings. The molecular weight excluding hydrogens is 487 g/mol. The highest BCUT2D eigenvalue weighted by Gasteiger charge is 2.65. The number of hydrogen-bond donors (Lipinski definition) is 0. The summed E-state index contributed by atoms with van der Waals surface area (Å²) in [7, 11) is -9.90. The Balaban J connectivity index is 2.70. The van der Waals surface area contributed by atoms with E-state index in [0.717, 1.165) is 4.68 Å². The Morgan fingerprint density at radius 3 is 2.00 bits per heavy atom. The molecule has 0 radical (unpaired) electrons. The molecule has 1 aromatic heterocycles. The van der Waals surface area contributed by atoms with Gasteiger partial charge in [0.1, 0.15) is 16.7 Å². The van der Waals surface area contributed by atoms with Crippen molar-refractivity contribution in [3.05, 3.63) is 37.6 Å². The van der Waals surface area contributed by atoms with Crippen LogP contribution < -0.4 is 0 Å². The second-order valence-corrected chi connectivity index (χ2v) is 8.47. The Morgan fingerprint density at radius 2 is 1.64 bits per heavy atom. The van der Waals surface area contributed by atoms with E-state index in [4.69, 9.17) is 28.5 Å².